The summed E-state index contributed by atoms with van der Waals surface area (Å²) in [4.78, 5) is 2.27. The molecule has 0 radical (unpaired) electrons. The van der Waals surface area contributed by atoms with Gasteiger partial charge in [-0.25, -0.2) is 8.42 Å². The zero-order valence-corrected chi connectivity index (χ0v) is 14.0. The minimum atomic E-state index is -3.70. The van der Waals surface area contributed by atoms with E-state index < -0.39 is 10.0 Å². The fraction of sp³-hybridized carbons (Fsp3) is 0.250. The van der Waals surface area contributed by atoms with E-state index in [0.717, 1.165) is 18.8 Å². The van der Waals surface area contributed by atoms with Crippen LogP contribution in [0.2, 0.25) is 5.02 Å². The predicted octanol–water partition coefficient (Wildman–Crippen LogP) is 2.98. The largest absolute Gasteiger partial charge is 0.378 e. The van der Waals surface area contributed by atoms with Crippen LogP contribution in [0.4, 0.5) is 11.4 Å². The van der Waals surface area contributed by atoms with Crippen molar-refractivity contribution < 1.29 is 13.2 Å². The molecule has 0 spiro atoms. The Kier molecular flexibility index (Phi) is 4.75. The summed E-state index contributed by atoms with van der Waals surface area (Å²) in [6.45, 7) is 3.09. The molecule has 0 aromatic heterocycles. The molecule has 1 N–H and O–H groups in total. The number of anilines is 2. The van der Waals surface area contributed by atoms with Crippen LogP contribution < -0.4 is 9.62 Å². The Morgan fingerprint density at radius 1 is 1.00 bits per heavy atom. The molecule has 5 nitrogen and oxygen atoms in total. The molecular formula is C16H17ClN2O3S. The van der Waals surface area contributed by atoms with Gasteiger partial charge >= 0.3 is 0 Å². The van der Waals surface area contributed by atoms with Crippen LogP contribution >= 0.6 is 11.6 Å². The van der Waals surface area contributed by atoms with Gasteiger partial charge in [0.05, 0.1) is 18.2 Å². The number of halogens is 1. The fourth-order valence-corrected chi connectivity index (χ4v) is 4.01. The van der Waals surface area contributed by atoms with E-state index in [1.54, 1.807) is 30.3 Å². The Bertz CT molecular complexity index is 772. The molecule has 1 heterocycles. The summed E-state index contributed by atoms with van der Waals surface area (Å²) in [6.07, 6.45) is 0. The number of ether oxygens (including phenoxy) is 1. The SMILES string of the molecule is O=S(=O)(Nc1ccc(N2CCOCC2)cc1)c1ccccc1Cl. The Hall–Kier alpha value is -1.76. The van der Waals surface area contributed by atoms with Gasteiger partial charge in [-0.3, -0.25) is 4.72 Å². The molecule has 3 rings (SSSR count). The van der Waals surface area contributed by atoms with Crippen LogP contribution in [-0.4, -0.2) is 34.7 Å². The highest BCUT2D eigenvalue weighted by Gasteiger charge is 2.18. The van der Waals surface area contributed by atoms with Gasteiger partial charge in [-0.15, -0.1) is 0 Å². The highest BCUT2D eigenvalue weighted by atomic mass is 35.5. The zero-order chi connectivity index (χ0) is 16.3. The first kappa shape index (κ1) is 16.1. The topological polar surface area (TPSA) is 58.6 Å². The van der Waals surface area contributed by atoms with Gasteiger partial charge in [0.2, 0.25) is 0 Å². The molecule has 1 aliphatic rings. The lowest BCUT2D eigenvalue weighted by Crippen LogP contribution is -2.36. The second kappa shape index (κ2) is 6.78. The lowest BCUT2D eigenvalue weighted by Gasteiger charge is -2.28. The molecule has 0 bridgehead atoms. The molecule has 2 aromatic rings. The number of hydrogen-bond acceptors (Lipinski definition) is 4. The van der Waals surface area contributed by atoms with Crippen LogP contribution in [0.15, 0.2) is 53.4 Å². The van der Waals surface area contributed by atoms with Crippen molar-refractivity contribution in [1.29, 1.82) is 0 Å². The van der Waals surface area contributed by atoms with E-state index >= 15 is 0 Å². The van der Waals surface area contributed by atoms with Crippen molar-refractivity contribution in [3.05, 3.63) is 53.6 Å². The molecule has 0 amide bonds. The van der Waals surface area contributed by atoms with Gasteiger partial charge in [-0.2, -0.15) is 0 Å². The van der Waals surface area contributed by atoms with E-state index in [1.807, 2.05) is 12.1 Å². The Morgan fingerprint density at radius 3 is 2.30 bits per heavy atom. The van der Waals surface area contributed by atoms with Crippen molar-refractivity contribution in [1.82, 2.24) is 0 Å². The smallest absolute Gasteiger partial charge is 0.263 e. The number of rotatable bonds is 4. The van der Waals surface area contributed by atoms with Crippen molar-refractivity contribution in [2.24, 2.45) is 0 Å². The molecule has 1 saturated heterocycles. The van der Waals surface area contributed by atoms with Crippen LogP contribution in [0, 0.1) is 0 Å². The number of sulfonamides is 1. The van der Waals surface area contributed by atoms with E-state index in [2.05, 4.69) is 9.62 Å². The molecule has 0 aliphatic carbocycles. The van der Waals surface area contributed by atoms with E-state index in [1.165, 1.54) is 6.07 Å². The molecule has 122 valence electrons. The Morgan fingerprint density at radius 2 is 1.65 bits per heavy atom. The minimum Gasteiger partial charge on any atom is -0.378 e. The second-order valence-electron chi connectivity index (χ2n) is 5.18. The second-order valence-corrected chi connectivity index (χ2v) is 7.24. The van der Waals surface area contributed by atoms with Gasteiger partial charge in [0.15, 0.2) is 0 Å². The minimum absolute atomic E-state index is 0.0684. The lowest BCUT2D eigenvalue weighted by molar-refractivity contribution is 0.122. The van der Waals surface area contributed by atoms with Crippen molar-refractivity contribution in [2.75, 3.05) is 35.9 Å². The number of nitrogens with zero attached hydrogens (tertiary/aromatic N) is 1. The van der Waals surface area contributed by atoms with Crippen LogP contribution in [0.25, 0.3) is 0 Å². The summed E-state index contributed by atoms with van der Waals surface area (Å²) in [5.41, 5.74) is 1.55. The third kappa shape index (κ3) is 3.77. The zero-order valence-electron chi connectivity index (χ0n) is 12.4. The van der Waals surface area contributed by atoms with E-state index in [9.17, 15) is 8.42 Å². The normalized spacial score (nSPS) is 15.4. The number of nitrogens with one attached hydrogen (secondary N) is 1. The first-order valence-electron chi connectivity index (χ1n) is 7.26. The number of benzene rings is 2. The average Bonchev–Trinajstić information content (AvgIpc) is 2.56. The van der Waals surface area contributed by atoms with Crippen molar-refractivity contribution in [2.45, 2.75) is 4.90 Å². The maximum absolute atomic E-state index is 12.4. The maximum atomic E-state index is 12.4. The Labute approximate surface area is 140 Å². The predicted molar refractivity (Wildman–Crippen MR) is 91.7 cm³/mol. The van der Waals surface area contributed by atoms with Crippen LogP contribution in [-0.2, 0) is 14.8 Å². The molecule has 0 atom stereocenters. The summed E-state index contributed by atoms with van der Waals surface area (Å²) in [5, 5.41) is 0.199. The van der Waals surface area contributed by atoms with Crippen LogP contribution in [0.3, 0.4) is 0 Å². The van der Waals surface area contributed by atoms with E-state index in [4.69, 9.17) is 16.3 Å². The first-order chi connectivity index (χ1) is 11.1. The Balaban J connectivity index is 1.76. The monoisotopic (exact) mass is 352 g/mol. The fourth-order valence-electron chi connectivity index (χ4n) is 2.43. The van der Waals surface area contributed by atoms with Crippen molar-refractivity contribution in [3.63, 3.8) is 0 Å². The van der Waals surface area contributed by atoms with Crippen LogP contribution in [0.1, 0.15) is 0 Å². The van der Waals surface area contributed by atoms with Gasteiger partial charge in [-0.1, -0.05) is 23.7 Å². The summed E-state index contributed by atoms with van der Waals surface area (Å²) >= 11 is 5.96. The molecule has 1 fully saturated rings. The molecular weight excluding hydrogens is 336 g/mol. The highest BCUT2D eigenvalue weighted by Crippen LogP contribution is 2.25. The van der Waals surface area contributed by atoms with Crippen molar-refractivity contribution >= 4 is 33.0 Å². The van der Waals surface area contributed by atoms with Gasteiger partial charge in [0.25, 0.3) is 10.0 Å². The molecule has 0 unspecified atom stereocenters. The van der Waals surface area contributed by atoms with Gasteiger partial charge in [0, 0.05) is 24.5 Å². The van der Waals surface area contributed by atoms with Crippen LogP contribution in [0.5, 0.6) is 0 Å². The number of hydrogen-bond donors (Lipinski definition) is 1. The summed E-state index contributed by atoms with van der Waals surface area (Å²) in [6, 6.07) is 13.7. The van der Waals surface area contributed by atoms with Crippen molar-refractivity contribution in [3.8, 4) is 0 Å². The molecule has 23 heavy (non-hydrogen) atoms. The van der Waals surface area contributed by atoms with E-state index in [0.29, 0.717) is 18.9 Å². The quantitative estimate of drug-likeness (QED) is 0.919. The lowest BCUT2D eigenvalue weighted by atomic mass is 10.2. The molecule has 7 heteroatoms. The molecule has 2 aromatic carbocycles. The summed E-state index contributed by atoms with van der Waals surface area (Å²) in [5.74, 6) is 0. The van der Waals surface area contributed by atoms with Gasteiger partial charge in [-0.05, 0) is 36.4 Å². The highest BCUT2D eigenvalue weighted by molar-refractivity contribution is 7.92. The van der Waals surface area contributed by atoms with E-state index in [-0.39, 0.29) is 9.92 Å². The molecule has 0 saturated carbocycles. The maximum Gasteiger partial charge on any atom is 0.263 e. The first-order valence-corrected chi connectivity index (χ1v) is 9.12. The summed E-state index contributed by atoms with van der Waals surface area (Å²) < 4.78 is 32.6. The standard InChI is InChI=1S/C16H17ClN2O3S/c17-15-3-1-2-4-16(15)23(20,21)18-13-5-7-14(8-6-13)19-9-11-22-12-10-19/h1-8,18H,9-12H2. The number of morpholine rings is 1. The third-order valence-corrected chi connectivity index (χ3v) is 5.50. The molecule has 1 aliphatic heterocycles. The van der Waals surface area contributed by atoms with Gasteiger partial charge < -0.3 is 9.64 Å². The summed E-state index contributed by atoms with van der Waals surface area (Å²) in [7, 11) is -3.70. The third-order valence-electron chi connectivity index (χ3n) is 3.62. The van der Waals surface area contributed by atoms with Gasteiger partial charge in [0.1, 0.15) is 4.90 Å². The average molecular weight is 353 g/mol.